The van der Waals surface area contributed by atoms with Gasteiger partial charge in [0, 0.05) is 25.7 Å². The van der Waals surface area contributed by atoms with Gasteiger partial charge in [0.2, 0.25) is 0 Å². The first kappa shape index (κ1) is 13.3. The van der Waals surface area contributed by atoms with E-state index >= 15 is 0 Å². The summed E-state index contributed by atoms with van der Waals surface area (Å²) >= 11 is 3.57. The van der Waals surface area contributed by atoms with Gasteiger partial charge >= 0.3 is 0 Å². The van der Waals surface area contributed by atoms with Gasteiger partial charge in [-0.1, -0.05) is 5.16 Å². The molecule has 0 saturated carbocycles. The summed E-state index contributed by atoms with van der Waals surface area (Å²) in [6.07, 6.45) is 0. The number of nitrogens with one attached hydrogen (secondary N) is 1. The molecule has 0 spiro atoms. The third-order valence-corrected chi connectivity index (χ3v) is 3.76. The van der Waals surface area contributed by atoms with Crippen LogP contribution in [0.15, 0.2) is 15.1 Å². The summed E-state index contributed by atoms with van der Waals surface area (Å²) in [4.78, 5) is 0. The van der Waals surface area contributed by atoms with Crippen LogP contribution in [0.5, 0.6) is 0 Å². The van der Waals surface area contributed by atoms with Crippen molar-refractivity contribution in [2.45, 2.75) is 40.4 Å². The summed E-state index contributed by atoms with van der Waals surface area (Å²) in [6.45, 7) is 8.29. The predicted octanol–water partition coefficient (Wildman–Crippen LogP) is 2.56. The van der Waals surface area contributed by atoms with Crippen LogP contribution in [0, 0.1) is 13.8 Å². The minimum absolute atomic E-state index is 0.692. The van der Waals surface area contributed by atoms with Crippen LogP contribution in [0.2, 0.25) is 0 Å². The van der Waals surface area contributed by atoms with Gasteiger partial charge in [0.05, 0.1) is 21.6 Å². The topological polar surface area (TPSA) is 55.9 Å². The van der Waals surface area contributed by atoms with E-state index < -0.39 is 0 Å². The fourth-order valence-electron chi connectivity index (χ4n) is 1.85. The van der Waals surface area contributed by atoms with E-state index in [1.54, 1.807) is 0 Å². The first-order valence-corrected chi connectivity index (χ1v) is 6.75. The van der Waals surface area contributed by atoms with Crippen molar-refractivity contribution in [2.75, 3.05) is 0 Å². The fraction of sp³-hybridized carbons (Fsp3) is 0.500. The van der Waals surface area contributed by atoms with Crippen LogP contribution >= 0.6 is 15.9 Å². The van der Waals surface area contributed by atoms with E-state index in [-0.39, 0.29) is 0 Å². The molecule has 0 bridgehead atoms. The Kier molecular flexibility index (Phi) is 4.19. The van der Waals surface area contributed by atoms with Crippen molar-refractivity contribution in [3.8, 4) is 0 Å². The standard InChI is InChI=1S/C12H17BrN4O/c1-4-17-11(12(13)9(3)15-17)7-14-6-10-5-8(2)18-16-10/h5,14H,4,6-7H2,1-3H3. The van der Waals surface area contributed by atoms with Gasteiger partial charge < -0.3 is 9.84 Å². The summed E-state index contributed by atoms with van der Waals surface area (Å²) < 4.78 is 8.10. The molecule has 0 aromatic carbocycles. The molecule has 6 heteroatoms. The molecule has 2 rings (SSSR count). The molecule has 2 heterocycles. The van der Waals surface area contributed by atoms with Crippen molar-refractivity contribution in [2.24, 2.45) is 0 Å². The highest BCUT2D eigenvalue weighted by molar-refractivity contribution is 9.10. The monoisotopic (exact) mass is 312 g/mol. The maximum atomic E-state index is 5.02. The Labute approximate surface area is 115 Å². The second-order valence-corrected chi connectivity index (χ2v) is 4.99. The summed E-state index contributed by atoms with van der Waals surface area (Å²) in [5.41, 5.74) is 3.10. The van der Waals surface area contributed by atoms with Gasteiger partial charge in [0.1, 0.15) is 5.76 Å². The summed E-state index contributed by atoms with van der Waals surface area (Å²) in [7, 11) is 0. The summed E-state index contributed by atoms with van der Waals surface area (Å²) in [5.74, 6) is 0.836. The van der Waals surface area contributed by atoms with Crippen molar-refractivity contribution in [3.05, 3.63) is 33.4 Å². The van der Waals surface area contributed by atoms with Gasteiger partial charge in [-0.05, 0) is 36.7 Å². The first-order chi connectivity index (χ1) is 8.61. The highest BCUT2D eigenvalue weighted by Gasteiger charge is 2.11. The van der Waals surface area contributed by atoms with Crippen molar-refractivity contribution in [1.82, 2.24) is 20.3 Å². The van der Waals surface area contributed by atoms with E-state index in [0.29, 0.717) is 6.54 Å². The van der Waals surface area contributed by atoms with E-state index in [9.17, 15) is 0 Å². The van der Waals surface area contributed by atoms with Crippen LogP contribution in [0.3, 0.4) is 0 Å². The van der Waals surface area contributed by atoms with Crippen LogP contribution in [-0.2, 0) is 19.6 Å². The lowest BCUT2D eigenvalue weighted by atomic mass is 10.3. The van der Waals surface area contributed by atoms with Crippen molar-refractivity contribution in [3.63, 3.8) is 0 Å². The number of nitrogens with zero attached hydrogens (tertiary/aromatic N) is 3. The van der Waals surface area contributed by atoms with E-state index in [1.165, 1.54) is 0 Å². The molecule has 0 radical (unpaired) electrons. The maximum Gasteiger partial charge on any atom is 0.133 e. The number of halogens is 1. The molecular formula is C12H17BrN4O. The lowest BCUT2D eigenvalue weighted by Crippen LogP contribution is -2.16. The van der Waals surface area contributed by atoms with Crippen LogP contribution in [0.25, 0.3) is 0 Å². The highest BCUT2D eigenvalue weighted by Crippen LogP contribution is 2.20. The van der Waals surface area contributed by atoms with Gasteiger partial charge in [-0.25, -0.2) is 0 Å². The molecule has 0 aliphatic rings. The van der Waals surface area contributed by atoms with Crippen molar-refractivity contribution < 1.29 is 4.52 Å². The predicted molar refractivity (Wildman–Crippen MR) is 72.1 cm³/mol. The number of hydrogen-bond donors (Lipinski definition) is 1. The van der Waals surface area contributed by atoms with E-state index in [0.717, 1.165) is 40.4 Å². The first-order valence-electron chi connectivity index (χ1n) is 5.96. The molecule has 0 atom stereocenters. The molecule has 98 valence electrons. The van der Waals surface area contributed by atoms with Gasteiger partial charge in [-0.15, -0.1) is 0 Å². The fourth-order valence-corrected chi connectivity index (χ4v) is 2.27. The molecule has 5 nitrogen and oxygen atoms in total. The van der Waals surface area contributed by atoms with E-state index in [1.807, 2.05) is 24.6 Å². The Morgan fingerprint density at radius 2 is 2.17 bits per heavy atom. The minimum Gasteiger partial charge on any atom is -0.361 e. The van der Waals surface area contributed by atoms with Gasteiger partial charge in [0.15, 0.2) is 0 Å². The maximum absolute atomic E-state index is 5.02. The van der Waals surface area contributed by atoms with Crippen molar-refractivity contribution >= 4 is 15.9 Å². The molecule has 0 saturated heterocycles. The Morgan fingerprint density at radius 1 is 1.39 bits per heavy atom. The van der Waals surface area contributed by atoms with Crippen LogP contribution in [0.4, 0.5) is 0 Å². The van der Waals surface area contributed by atoms with Crippen LogP contribution in [-0.4, -0.2) is 14.9 Å². The smallest absolute Gasteiger partial charge is 0.133 e. The SMILES string of the molecule is CCn1nc(C)c(Br)c1CNCc1cc(C)on1. The Morgan fingerprint density at radius 3 is 2.78 bits per heavy atom. The molecule has 0 aliphatic carbocycles. The third kappa shape index (κ3) is 2.81. The average Bonchev–Trinajstić information content (AvgIpc) is 2.87. The molecule has 0 aliphatic heterocycles. The van der Waals surface area contributed by atoms with Gasteiger partial charge in [-0.3, -0.25) is 4.68 Å². The summed E-state index contributed by atoms with van der Waals surface area (Å²) in [5, 5.41) is 11.7. The lowest BCUT2D eigenvalue weighted by molar-refractivity contribution is 0.388. The van der Waals surface area contributed by atoms with Crippen LogP contribution in [0.1, 0.15) is 29.8 Å². The zero-order chi connectivity index (χ0) is 13.1. The molecule has 18 heavy (non-hydrogen) atoms. The van der Waals surface area contributed by atoms with Gasteiger partial charge in [-0.2, -0.15) is 5.10 Å². The Bertz CT molecular complexity index is 532. The molecule has 0 amide bonds. The van der Waals surface area contributed by atoms with E-state index in [2.05, 4.69) is 38.4 Å². The number of aryl methyl sites for hydroxylation is 3. The second kappa shape index (κ2) is 5.67. The average molecular weight is 313 g/mol. The summed E-state index contributed by atoms with van der Waals surface area (Å²) in [6, 6.07) is 1.93. The highest BCUT2D eigenvalue weighted by atomic mass is 79.9. The molecular weight excluding hydrogens is 296 g/mol. The molecule has 2 aromatic heterocycles. The Hall–Kier alpha value is -1.14. The molecule has 0 unspecified atom stereocenters. The zero-order valence-electron chi connectivity index (χ0n) is 10.8. The zero-order valence-corrected chi connectivity index (χ0v) is 12.4. The largest absolute Gasteiger partial charge is 0.361 e. The van der Waals surface area contributed by atoms with E-state index in [4.69, 9.17) is 4.52 Å². The van der Waals surface area contributed by atoms with Crippen molar-refractivity contribution in [1.29, 1.82) is 0 Å². The van der Waals surface area contributed by atoms with Gasteiger partial charge in [0.25, 0.3) is 0 Å². The molecule has 1 N–H and O–H groups in total. The Balaban J connectivity index is 1.98. The minimum atomic E-state index is 0.692. The second-order valence-electron chi connectivity index (χ2n) is 4.19. The quantitative estimate of drug-likeness (QED) is 0.922. The lowest BCUT2D eigenvalue weighted by Gasteiger charge is -2.06. The number of aromatic nitrogens is 3. The number of hydrogen-bond acceptors (Lipinski definition) is 4. The molecule has 0 fully saturated rings. The normalized spacial score (nSPS) is 11.1. The van der Waals surface area contributed by atoms with Crippen LogP contribution < -0.4 is 5.32 Å². The number of rotatable bonds is 5. The third-order valence-electron chi connectivity index (χ3n) is 2.73. The molecule has 2 aromatic rings.